The van der Waals surface area contributed by atoms with Crippen LogP contribution < -0.4 is 5.32 Å². The second kappa shape index (κ2) is 6.94. The summed E-state index contributed by atoms with van der Waals surface area (Å²) in [5.74, 6) is -0.245. The minimum absolute atomic E-state index is 0.245. The molecule has 5 heteroatoms. The summed E-state index contributed by atoms with van der Waals surface area (Å²) in [6, 6.07) is 16.9. The first-order chi connectivity index (χ1) is 11.2. The summed E-state index contributed by atoms with van der Waals surface area (Å²) in [5.41, 5.74) is 2.39. The van der Waals surface area contributed by atoms with Gasteiger partial charge in [-0.05, 0) is 30.3 Å². The average molecular weight is 324 g/mol. The van der Waals surface area contributed by atoms with Crippen molar-refractivity contribution in [2.24, 2.45) is 0 Å². The van der Waals surface area contributed by atoms with Crippen LogP contribution in [0.15, 0.2) is 73.1 Å². The van der Waals surface area contributed by atoms with Crippen LogP contribution in [0.2, 0.25) is 5.02 Å². The van der Waals surface area contributed by atoms with Crippen LogP contribution in [0.5, 0.6) is 0 Å². The molecule has 114 valence electrons. The number of hydrogen-bond acceptors (Lipinski definition) is 2. The van der Waals surface area contributed by atoms with Crippen molar-refractivity contribution in [3.8, 4) is 5.69 Å². The topological polar surface area (TPSA) is 46.9 Å². The van der Waals surface area contributed by atoms with Crippen LogP contribution in [0, 0.1) is 0 Å². The van der Waals surface area contributed by atoms with E-state index in [0.717, 1.165) is 11.3 Å². The second-order valence-electron chi connectivity index (χ2n) is 4.86. The van der Waals surface area contributed by atoms with E-state index in [-0.39, 0.29) is 5.91 Å². The highest BCUT2D eigenvalue weighted by Gasteiger charge is 2.02. The third kappa shape index (κ3) is 3.87. The summed E-state index contributed by atoms with van der Waals surface area (Å²) < 4.78 is 1.76. The summed E-state index contributed by atoms with van der Waals surface area (Å²) in [6.07, 6.45) is 6.72. The molecular formula is C18H14ClN3O. The number of nitrogens with one attached hydrogen (secondary N) is 1. The van der Waals surface area contributed by atoms with E-state index in [4.69, 9.17) is 11.6 Å². The van der Waals surface area contributed by atoms with Crippen molar-refractivity contribution in [1.82, 2.24) is 9.78 Å². The van der Waals surface area contributed by atoms with E-state index in [2.05, 4.69) is 10.4 Å². The number of rotatable bonds is 4. The number of para-hydroxylation sites is 2. The molecule has 1 amide bonds. The Balaban J connectivity index is 1.68. The normalized spacial score (nSPS) is 10.8. The van der Waals surface area contributed by atoms with E-state index >= 15 is 0 Å². The molecule has 0 aliphatic heterocycles. The fourth-order valence-electron chi connectivity index (χ4n) is 2.05. The third-order valence-corrected chi connectivity index (χ3v) is 3.51. The van der Waals surface area contributed by atoms with Crippen molar-refractivity contribution in [3.05, 3.63) is 83.7 Å². The second-order valence-corrected chi connectivity index (χ2v) is 5.26. The summed E-state index contributed by atoms with van der Waals surface area (Å²) >= 11 is 6.00. The van der Waals surface area contributed by atoms with Gasteiger partial charge in [-0.1, -0.05) is 41.9 Å². The largest absolute Gasteiger partial charge is 0.321 e. The zero-order chi connectivity index (χ0) is 16.1. The highest BCUT2D eigenvalue weighted by Crippen LogP contribution is 2.20. The SMILES string of the molecule is O=C(/C=C/c1cnn(-c2ccccc2)c1)Nc1ccccc1Cl. The number of hydrogen-bond donors (Lipinski definition) is 1. The van der Waals surface area contributed by atoms with Crippen molar-refractivity contribution in [3.63, 3.8) is 0 Å². The number of benzene rings is 2. The monoisotopic (exact) mass is 323 g/mol. The average Bonchev–Trinajstić information content (AvgIpc) is 3.05. The van der Waals surface area contributed by atoms with Crippen LogP contribution in [-0.2, 0) is 4.79 Å². The Hall–Kier alpha value is -2.85. The first-order valence-corrected chi connectivity index (χ1v) is 7.44. The molecule has 23 heavy (non-hydrogen) atoms. The van der Waals surface area contributed by atoms with Crippen LogP contribution in [-0.4, -0.2) is 15.7 Å². The highest BCUT2D eigenvalue weighted by molar-refractivity contribution is 6.33. The number of halogens is 1. The van der Waals surface area contributed by atoms with E-state index in [0.29, 0.717) is 10.7 Å². The molecule has 1 aromatic heterocycles. The number of anilines is 1. The number of carbonyl (C=O) groups is 1. The van der Waals surface area contributed by atoms with E-state index in [1.54, 1.807) is 29.1 Å². The van der Waals surface area contributed by atoms with Crippen LogP contribution in [0.25, 0.3) is 11.8 Å². The van der Waals surface area contributed by atoms with Gasteiger partial charge < -0.3 is 5.32 Å². The van der Waals surface area contributed by atoms with Crippen LogP contribution >= 0.6 is 11.6 Å². The minimum Gasteiger partial charge on any atom is -0.321 e. The number of carbonyl (C=O) groups excluding carboxylic acids is 1. The van der Waals surface area contributed by atoms with Crippen molar-refractivity contribution < 1.29 is 4.79 Å². The molecule has 1 N–H and O–H groups in total. The maximum atomic E-state index is 11.9. The lowest BCUT2D eigenvalue weighted by Crippen LogP contribution is -2.07. The summed E-state index contributed by atoms with van der Waals surface area (Å²) in [5, 5.41) is 7.51. The molecule has 3 rings (SSSR count). The van der Waals surface area contributed by atoms with Gasteiger partial charge >= 0.3 is 0 Å². The van der Waals surface area contributed by atoms with Crippen LogP contribution in [0.4, 0.5) is 5.69 Å². The molecule has 0 saturated heterocycles. The number of aromatic nitrogens is 2. The highest BCUT2D eigenvalue weighted by atomic mass is 35.5. The summed E-state index contributed by atoms with van der Waals surface area (Å²) in [7, 11) is 0. The molecule has 4 nitrogen and oxygen atoms in total. The molecule has 0 fully saturated rings. The zero-order valence-corrected chi connectivity index (χ0v) is 12.9. The van der Waals surface area contributed by atoms with E-state index in [1.807, 2.05) is 48.7 Å². The zero-order valence-electron chi connectivity index (χ0n) is 12.2. The lowest BCUT2D eigenvalue weighted by molar-refractivity contribution is -0.111. The van der Waals surface area contributed by atoms with E-state index in [9.17, 15) is 4.79 Å². The molecule has 0 saturated carbocycles. The van der Waals surface area contributed by atoms with Gasteiger partial charge in [-0.15, -0.1) is 0 Å². The van der Waals surface area contributed by atoms with E-state index in [1.165, 1.54) is 6.08 Å². The Morgan fingerprint density at radius 3 is 2.61 bits per heavy atom. The van der Waals surface area contributed by atoms with Gasteiger partial charge in [-0.3, -0.25) is 4.79 Å². The van der Waals surface area contributed by atoms with Crippen molar-refractivity contribution in [1.29, 1.82) is 0 Å². The predicted molar refractivity (Wildman–Crippen MR) is 92.7 cm³/mol. The quantitative estimate of drug-likeness (QED) is 0.732. The first-order valence-electron chi connectivity index (χ1n) is 7.06. The van der Waals surface area contributed by atoms with Gasteiger partial charge in [0.05, 0.1) is 22.6 Å². The smallest absolute Gasteiger partial charge is 0.248 e. The van der Waals surface area contributed by atoms with Gasteiger partial charge in [-0.2, -0.15) is 5.10 Å². The standard InChI is InChI=1S/C18H14ClN3O/c19-16-8-4-5-9-17(16)21-18(23)11-10-14-12-20-22(13-14)15-6-2-1-3-7-15/h1-13H,(H,21,23)/b11-10+. The maximum absolute atomic E-state index is 11.9. The van der Waals surface area contributed by atoms with Gasteiger partial charge in [0.25, 0.3) is 0 Å². The Bertz CT molecular complexity index is 840. The molecule has 2 aromatic carbocycles. The number of amides is 1. The molecule has 1 heterocycles. The third-order valence-electron chi connectivity index (χ3n) is 3.18. The van der Waals surface area contributed by atoms with Crippen LogP contribution in [0.3, 0.4) is 0 Å². The molecule has 0 aliphatic rings. The Kier molecular flexibility index (Phi) is 4.54. The first kappa shape index (κ1) is 15.1. The fraction of sp³-hybridized carbons (Fsp3) is 0. The predicted octanol–water partition coefficient (Wildman–Crippen LogP) is 4.18. The molecule has 0 spiro atoms. The summed E-state index contributed by atoms with van der Waals surface area (Å²) in [4.78, 5) is 11.9. The van der Waals surface area contributed by atoms with Crippen molar-refractivity contribution in [2.45, 2.75) is 0 Å². The fourth-order valence-corrected chi connectivity index (χ4v) is 2.24. The molecule has 0 aliphatic carbocycles. The molecular weight excluding hydrogens is 310 g/mol. The maximum Gasteiger partial charge on any atom is 0.248 e. The molecule has 0 bridgehead atoms. The Morgan fingerprint density at radius 2 is 1.83 bits per heavy atom. The van der Waals surface area contributed by atoms with Gasteiger partial charge in [0.1, 0.15) is 0 Å². The van der Waals surface area contributed by atoms with Gasteiger partial charge in [0.15, 0.2) is 0 Å². The lowest BCUT2D eigenvalue weighted by Gasteiger charge is -2.03. The molecule has 3 aromatic rings. The van der Waals surface area contributed by atoms with Gasteiger partial charge in [0, 0.05) is 17.8 Å². The van der Waals surface area contributed by atoms with Crippen molar-refractivity contribution >= 4 is 29.3 Å². The van der Waals surface area contributed by atoms with Gasteiger partial charge in [-0.25, -0.2) is 4.68 Å². The number of nitrogens with zero attached hydrogens (tertiary/aromatic N) is 2. The Morgan fingerprint density at radius 1 is 1.09 bits per heavy atom. The lowest BCUT2D eigenvalue weighted by atomic mass is 10.3. The van der Waals surface area contributed by atoms with Gasteiger partial charge in [0.2, 0.25) is 5.91 Å². The molecule has 0 unspecified atom stereocenters. The van der Waals surface area contributed by atoms with E-state index < -0.39 is 0 Å². The van der Waals surface area contributed by atoms with Crippen molar-refractivity contribution in [2.75, 3.05) is 5.32 Å². The minimum atomic E-state index is -0.245. The molecule has 0 atom stereocenters. The summed E-state index contributed by atoms with van der Waals surface area (Å²) in [6.45, 7) is 0. The molecule has 0 radical (unpaired) electrons. The van der Waals surface area contributed by atoms with Crippen LogP contribution in [0.1, 0.15) is 5.56 Å². The Labute approximate surface area is 139 Å².